The first-order valence-electron chi connectivity index (χ1n) is 8.92. The molecule has 27 heavy (non-hydrogen) atoms. The van der Waals surface area contributed by atoms with E-state index in [-0.39, 0.29) is 12.1 Å². The third-order valence-electron chi connectivity index (χ3n) is 4.82. The Kier molecular flexibility index (Phi) is 4.38. The van der Waals surface area contributed by atoms with E-state index in [1.165, 1.54) is 10.1 Å². The number of fused-ring (bicyclic) bond motifs is 1. The average molecular weight is 359 g/mol. The minimum absolute atomic E-state index is 0.170. The molecule has 2 heterocycles. The molecular weight excluding hydrogens is 338 g/mol. The number of aryl methyl sites for hydroxylation is 2. The maximum Gasteiger partial charge on any atom is 0.276 e. The van der Waals surface area contributed by atoms with Gasteiger partial charge in [-0.1, -0.05) is 54.1 Å². The predicted molar refractivity (Wildman–Crippen MR) is 106 cm³/mol. The predicted octanol–water partition coefficient (Wildman–Crippen LogP) is 3.51. The lowest BCUT2D eigenvalue weighted by molar-refractivity contribution is 0.155. The molecule has 4 rings (SSSR count). The molecule has 2 aromatic heterocycles. The molecule has 136 valence electrons. The fourth-order valence-electron chi connectivity index (χ4n) is 3.37. The van der Waals surface area contributed by atoms with Crippen LogP contribution in [0.25, 0.3) is 16.8 Å². The lowest BCUT2D eigenvalue weighted by Gasteiger charge is -2.13. The Morgan fingerprint density at radius 1 is 1.04 bits per heavy atom. The SMILES string of the molecule is Cc1ccc(-c2cc3c(=O)n(CC(O)c4ccccc4)ccn3n2)c(C)c1. The highest BCUT2D eigenvalue weighted by Crippen LogP contribution is 2.23. The van der Waals surface area contributed by atoms with Crippen LogP contribution in [0.3, 0.4) is 0 Å². The molecule has 0 radical (unpaired) electrons. The van der Waals surface area contributed by atoms with Crippen molar-refractivity contribution in [2.45, 2.75) is 26.5 Å². The molecule has 4 aromatic rings. The Bertz CT molecular complexity index is 1160. The summed E-state index contributed by atoms with van der Waals surface area (Å²) >= 11 is 0. The van der Waals surface area contributed by atoms with Crippen LogP contribution in [0.15, 0.2) is 71.8 Å². The Balaban J connectivity index is 1.71. The number of aliphatic hydroxyl groups is 1. The van der Waals surface area contributed by atoms with Crippen LogP contribution in [-0.2, 0) is 6.54 Å². The highest BCUT2D eigenvalue weighted by Gasteiger charge is 2.13. The van der Waals surface area contributed by atoms with E-state index in [0.717, 1.165) is 22.4 Å². The van der Waals surface area contributed by atoms with Crippen molar-refractivity contribution >= 4 is 5.52 Å². The topological polar surface area (TPSA) is 59.5 Å². The molecule has 0 spiro atoms. The van der Waals surface area contributed by atoms with Gasteiger partial charge in [-0.15, -0.1) is 0 Å². The highest BCUT2D eigenvalue weighted by atomic mass is 16.3. The van der Waals surface area contributed by atoms with Crippen molar-refractivity contribution in [3.05, 3.63) is 94.0 Å². The van der Waals surface area contributed by atoms with E-state index in [1.807, 2.05) is 55.5 Å². The Hall–Kier alpha value is -3.18. The van der Waals surface area contributed by atoms with Crippen LogP contribution in [-0.4, -0.2) is 19.3 Å². The summed E-state index contributed by atoms with van der Waals surface area (Å²) in [6.07, 6.45) is 2.68. The van der Waals surface area contributed by atoms with E-state index in [9.17, 15) is 9.90 Å². The lowest BCUT2D eigenvalue weighted by atomic mass is 10.0. The van der Waals surface area contributed by atoms with Gasteiger partial charge in [0.05, 0.1) is 18.3 Å². The van der Waals surface area contributed by atoms with Crippen molar-refractivity contribution in [1.29, 1.82) is 0 Å². The maximum atomic E-state index is 12.9. The van der Waals surface area contributed by atoms with Crippen LogP contribution in [0.5, 0.6) is 0 Å². The zero-order chi connectivity index (χ0) is 19.0. The summed E-state index contributed by atoms with van der Waals surface area (Å²) in [5.74, 6) is 0. The summed E-state index contributed by atoms with van der Waals surface area (Å²) < 4.78 is 3.13. The molecule has 1 N–H and O–H groups in total. The fourth-order valence-corrected chi connectivity index (χ4v) is 3.37. The second-order valence-corrected chi connectivity index (χ2v) is 6.86. The van der Waals surface area contributed by atoms with Gasteiger partial charge in [0.25, 0.3) is 5.56 Å². The van der Waals surface area contributed by atoms with Gasteiger partial charge in [0.1, 0.15) is 5.52 Å². The summed E-state index contributed by atoms with van der Waals surface area (Å²) in [5.41, 5.74) is 5.21. The molecule has 0 amide bonds. The van der Waals surface area contributed by atoms with E-state index >= 15 is 0 Å². The van der Waals surface area contributed by atoms with Gasteiger partial charge in [-0.2, -0.15) is 5.10 Å². The van der Waals surface area contributed by atoms with E-state index in [1.54, 1.807) is 16.9 Å². The molecule has 0 fully saturated rings. The zero-order valence-corrected chi connectivity index (χ0v) is 15.3. The molecule has 0 bridgehead atoms. The summed E-state index contributed by atoms with van der Waals surface area (Å²) in [6.45, 7) is 4.29. The van der Waals surface area contributed by atoms with Crippen molar-refractivity contribution in [2.75, 3.05) is 0 Å². The molecule has 0 aliphatic carbocycles. The maximum absolute atomic E-state index is 12.9. The van der Waals surface area contributed by atoms with Gasteiger partial charge in [-0.3, -0.25) is 4.79 Å². The number of nitrogens with zero attached hydrogens (tertiary/aromatic N) is 3. The van der Waals surface area contributed by atoms with Gasteiger partial charge in [0, 0.05) is 18.0 Å². The number of hydrogen-bond donors (Lipinski definition) is 1. The zero-order valence-electron chi connectivity index (χ0n) is 15.3. The van der Waals surface area contributed by atoms with Gasteiger partial charge >= 0.3 is 0 Å². The third-order valence-corrected chi connectivity index (χ3v) is 4.82. The highest BCUT2D eigenvalue weighted by molar-refractivity contribution is 5.68. The minimum atomic E-state index is -0.743. The molecule has 2 aromatic carbocycles. The summed E-state index contributed by atoms with van der Waals surface area (Å²) in [6, 6.07) is 17.3. The molecule has 1 unspecified atom stereocenters. The summed E-state index contributed by atoms with van der Waals surface area (Å²) in [4.78, 5) is 12.9. The second kappa shape index (κ2) is 6.85. The van der Waals surface area contributed by atoms with Crippen molar-refractivity contribution in [2.24, 2.45) is 0 Å². The van der Waals surface area contributed by atoms with E-state index in [0.29, 0.717) is 5.52 Å². The van der Waals surface area contributed by atoms with Crippen LogP contribution >= 0.6 is 0 Å². The molecule has 0 aliphatic rings. The average Bonchev–Trinajstić information content (AvgIpc) is 3.09. The fraction of sp³-hybridized carbons (Fsp3) is 0.182. The molecule has 0 saturated carbocycles. The number of aromatic nitrogens is 3. The van der Waals surface area contributed by atoms with E-state index in [4.69, 9.17) is 0 Å². The van der Waals surface area contributed by atoms with Crippen molar-refractivity contribution < 1.29 is 5.11 Å². The number of benzene rings is 2. The van der Waals surface area contributed by atoms with Crippen LogP contribution in [0.1, 0.15) is 22.8 Å². The van der Waals surface area contributed by atoms with E-state index < -0.39 is 6.10 Å². The van der Waals surface area contributed by atoms with Crippen molar-refractivity contribution in [1.82, 2.24) is 14.2 Å². The Labute approximate surface area is 157 Å². The quantitative estimate of drug-likeness (QED) is 0.607. The van der Waals surface area contributed by atoms with Gasteiger partial charge in [0.15, 0.2) is 0 Å². The van der Waals surface area contributed by atoms with Crippen LogP contribution in [0.2, 0.25) is 0 Å². The first-order valence-corrected chi connectivity index (χ1v) is 8.92. The second-order valence-electron chi connectivity index (χ2n) is 6.86. The van der Waals surface area contributed by atoms with Gasteiger partial charge in [-0.25, -0.2) is 4.52 Å². The normalized spacial score (nSPS) is 12.4. The third kappa shape index (κ3) is 3.29. The first-order chi connectivity index (χ1) is 13.0. The number of rotatable bonds is 4. The standard InChI is InChI=1S/C22H21N3O2/c1-15-8-9-18(16(2)12-15)19-13-20-22(27)24(10-11-25(20)23-19)14-21(26)17-6-4-3-5-7-17/h3-13,21,26H,14H2,1-2H3. The molecule has 1 atom stereocenters. The smallest absolute Gasteiger partial charge is 0.276 e. The van der Waals surface area contributed by atoms with Gasteiger partial charge < -0.3 is 9.67 Å². The molecule has 5 heteroatoms. The number of aliphatic hydroxyl groups excluding tert-OH is 1. The van der Waals surface area contributed by atoms with Crippen LogP contribution in [0.4, 0.5) is 0 Å². The monoisotopic (exact) mass is 359 g/mol. The molecule has 5 nitrogen and oxygen atoms in total. The summed E-state index contributed by atoms with van der Waals surface area (Å²) in [5, 5.41) is 15.0. The Morgan fingerprint density at radius 3 is 2.56 bits per heavy atom. The number of hydrogen-bond acceptors (Lipinski definition) is 3. The largest absolute Gasteiger partial charge is 0.387 e. The Morgan fingerprint density at radius 2 is 1.81 bits per heavy atom. The van der Waals surface area contributed by atoms with Crippen molar-refractivity contribution in [3.63, 3.8) is 0 Å². The molecular formula is C22H21N3O2. The van der Waals surface area contributed by atoms with Gasteiger partial charge in [-0.05, 0) is 31.0 Å². The minimum Gasteiger partial charge on any atom is -0.387 e. The van der Waals surface area contributed by atoms with E-state index in [2.05, 4.69) is 18.1 Å². The molecule has 0 aliphatic heterocycles. The van der Waals surface area contributed by atoms with Crippen LogP contribution < -0.4 is 5.56 Å². The lowest BCUT2D eigenvalue weighted by Crippen LogP contribution is -2.24. The van der Waals surface area contributed by atoms with Crippen LogP contribution in [0, 0.1) is 13.8 Å². The van der Waals surface area contributed by atoms with Crippen molar-refractivity contribution in [3.8, 4) is 11.3 Å². The summed E-state index contributed by atoms with van der Waals surface area (Å²) in [7, 11) is 0. The van der Waals surface area contributed by atoms with Gasteiger partial charge in [0.2, 0.25) is 0 Å². The molecule has 0 saturated heterocycles. The first kappa shape index (κ1) is 17.2.